The number of carbonyl (C=O) groups excluding carboxylic acids is 2. The van der Waals surface area contributed by atoms with Gasteiger partial charge >= 0.3 is 0 Å². The highest BCUT2D eigenvalue weighted by atomic mass is 32.2. The molecule has 0 bridgehead atoms. The zero-order valence-electron chi connectivity index (χ0n) is 17.4. The summed E-state index contributed by atoms with van der Waals surface area (Å²) >= 11 is 0. The molecule has 1 saturated heterocycles. The highest BCUT2D eigenvalue weighted by Crippen LogP contribution is 2.23. The van der Waals surface area contributed by atoms with Gasteiger partial charge in [-0.25, -0.2) is 8.42 Å². The molecule has 1 heterocycles. The van der Waals surface area contributed by atoms with Gasteiger partial charge in [0.2, 0.25) is 11.8 Å². The van der Waals surface area contributed by atoms with E-state index in [2.05, 4.69) is 0 Å². The standard InChI is InChI=1S/C23H26N2O4S/c1-17(19-9-13-21(14-10-19)30(3,28)29)24(2)22(26)15-8-18-6-11-20(12-7-18)25-16-4-5-23(25)27/h6-15,17H,4-5,16H2,1-3H3/b15-8+. The van der Waals surface area contributed by atoms with E-state index in [0.29, 0.717) is 6.42 Å². The van der Waals surface area contributed by atoms with Crippen LogP contribution in [0, 0.1) is 0 Å². The first-order valence-electron chi connectivity index (χ1n) is 9.82. The van der Waals surface area contributed by atoms with Crippen molar-refractivity contribution in [1.29, 1.82) is 0 Å². The number of hydrogen-bond acceptors (Lipinski definition) is 4. The van der Waals surface area contributed by atoms with Gasteiger partial charge < -0.3 is 9.80 Å². The minimum Gasteiger partial charge on any atom is -0.335 e. The molecule has 7 heteroatoms. The number of likely N-dealkylation sites (N-methyl/N-ethyl adjacent to an activating group) is 1. The summed E-state index contributed by atoms with van der Waals surface area (Å²) in [5, 5.41) is 0. The van der Waals surface area contributed by atoms with Crippen LogP contribution in [-0.2, 0) is 19.4 Å². The first-order chi connectivity index (χ1) is 14.2. The lowest BCUT2D eigenvalue weighted by atomic mass is 10.1. The Morgan fingerprint density at radius 3 is 2.27 bits per heavy atom. The number of nitrogens with zero attached hydrogens (tertiary/aromatic N) is 2. The molecule has 0 N–H and O–H groups in total. The fourth-order valence-electron chi connectivity index (χ4n) is 3.38. The molecule has 6 nitrogen and oxygen atoms in total. The van der Waals surface area contributed by atoms with Gasteiger partial charge in [-0.3, -0.25) is 9.59 Å². The van der Waals surface area contributed by atoms with E-state index in [1.165, 1.54) is 12.3 Å². The molecule has 2 aromatic carbocycles. The highest BCUT2D eigenvalue weighted by Gasteiger charge is 2.21. The van der Waals surface area contributed by atoms with Crippen LogP contribution in [0.15, 0.2) is 59.5 Å². The van der Waals surface area contributed by atoms with E-state index in [1.807, 2.05) is 31.2 Å². The Morgan fingerprint density at radius 1 is 1.10 bits per heavy atom. The highest BCUT2D eigenvalue weighted by molar-refractivity contribution is 7.90. The Balaban J connectivity index is 1.64. The molecular formula is C23H26N2O4S. The summed E-state index contributed by atoms with van der Waals surface area (Å²) in [6.07, 6.45) is 5.90. The molecule has 1 aliphatic heterocycles. The molecule has 0 radical (unpaired) electrons. The third-order valence-corrected chi connectivity index (χ3v) is 6.54. The lowest BCUT2D eigenvalue weighted by Gasteiger charge is -2.24. The maximum atomic E-state index is 12.6. The van der Waals surface area contributed by atoms with Gasteiger partial charge in [-0.1, -0.05) is 24.3 Å². The van der Waals surface area contributed by atoms with E-state index in [0.717, 1.165) is 29.8 Å². The second-order valence-corrected chi connectivity index (χ2v) is 9.56. The van der Waals surface area contributed by atoms with Crippen molar-refractivity contribution in [2.24, 2.45) is 0 Å². The minimum atomic E-state index is -3.25. The number of carbonyl (C=O) groups is 2. The van der Waals surface area contributed by atoms with E-state index < -0.39 is 9.84 Å². The largest absolute Gasteiger partial charge is 0.335 e. The second kappa shape index (κ2) is 8.83. The molecule has 2 amide bonds. The number of rotatable bonds is 6. The van der Waals surface area contributed by atoms with Crippen LogP contribution in [-0.4, -0.2) is 45.0 Å². The zero-order valence-corrected chi connectivity index (χ0v) is 18.2. The zero-order chi connectivity index (χ0) is 21.9. The fraction of sp³-hybridized carbons (Fsp3) is 0.304. The van der Waals surface area contributed by atoms with E-state index in [-0.39, 0.29) is 22.8 Å². The fourth-order valence-corrected chi connectivity index (χ4v) is 4.01. The van der Waals surface area contributed by atoms with Crippen LogP contribution < -0.4 is 4.90 Å². The molecule has 0 aromatic heterocycles. The summed E-state index contributed by atoms with van der Waals surface area (Å²) in [4.78, 5) is 28.0. The molecule has 0 saturated carbocycles. The lowest BCUT2D eigenvalue weighted by Crippen LogP contribution is -2.28. The SMILES string of the molecule is CC(c1ccc(S(C)(=O)=O)cc1)N(C)C(=O)/C=C/c1ccc(N2CCCC2=O)cc1. The van der Waals surface area contributed by atoms with E-state index in [4.69, 9.17) is 0 Å². The van der Waals surface area contributed by atoms with Gasteiger partial charge in [0.05, 0.1) is 10.9 Å². The third-order valence-electron chi connectivity index (χ3n) is 5.42. The van der Waals surface area contributed by atoms with Crippen LogP contribution in [0.4, 0.5) is 5.69 Å². The Kier molecular flexibility index (Phi) is 6.41. The molecule has 1 fully saturated rings. The van der Waals surface area contributed by atoms with Gasteiger partial charge in [0.15, 0.2) is 9.84 Å². The minimum absolute atomic E-state index is 0.147. The summed E-state index contributed by atoms with van der Waals surface area (Å²) in [5.41, 5.74) is 2.60. The van der Waals surface area contributed by atoms with Crippen molar-refractivity contribution in [1.82, 2.24) is 4.90 Å². The average molecular weight is 427 g/mol. The summed E-state index contributed by atoms with van der Waals surface area (Å²) in [7, 11) is -1.53. The molecule has 3 rings (SSSR count). The van der Waals surface area contributed by atoms with Gasteiger partial charge in [0.1, 0.15) is 0 Å². The summed E-state index contributed by atoms with van der Waals surface area (Å²) in [6.45, 7) is 2.64. The van der Waals surface area contributed by atoms with Gasteiger partial charge in [-0.05, 0) is 54.8 Å². The van der Waals surface area contributed by atoms with Crippen LogP contribution in [0.25, 0.3) is 6.08 Å². The molecule has 0 aliphatic carbocycles. The molecule has 1 unspecified atom stereocenters. The number of benzene rings is 2. The van der Waals surface area contributed by atoms with Gasteiger partial charge in [-0.15, -0.1) is 0 Å². The molecular weight excluding hydrogens is 400 g/mol. The predicted octanol–water partition coefficient (Wildman–Crippen LogP) is 3.45. The van der Waals surface area contributed by atoms with Gasteiger partial charge in [0.25, 0.3) is 0 Å². The molecule has 1 atom stereocenters. The Labute approximate surface area is 177 Å². The summed E-state index contributed by atoms with van der Waals surface area (Å²) in [5.74, 6) is -0.0119. The van der Waals surface area contributed by atoms with E-state index in [9.17, 15) is 18.0 Å². The third kappa shape index (κ3) is 4.97. The number of amides is 2. The Morgan fingerprint density at radius 2 is 1.73 bits per heavy atom. The first-order valence-corrected chi connectivity index (χ1v) is 11.7. The normalized spacial score (nSPS) is 15.6. The lowest BCUT2D eigenvalue weighted by molar-refractivity contribution is -0.126. The summed E-state index contributed by atoms with van der Waals surface area (Å²) < 4.78 is 23.2. The number of sulfone groups is 1. The number of anilines is 1. The summed E-state index contributed by atoms with van der Waals surface area (Å²) in [6, 6.07) is 13.9. The Hall–Kier alpha value is -2.93. The molecule has 30 heavy (non-hydrogen) atoms. The van der Waals surface area contributed by atoms with E-state index in [1.54, 1.807) is 47.2 Å². The topological polar surface area (TPSA) is 74.8 Å². The monoisotopic (exact) mass is 426 g/mol. The smallest absolute Gasteiger partial charge is 0.246 e. The second-order valence-electron chi connectivity index (χ2n) is 7.54. The van der Waals surface area contributed by atoms with E-state index >= 15 is 0 Å². The van der Waals surface area contributed by atoms with Crippen LogP contribution in [0.1, 0.15) is 36.9 Å². The average Bonchev–Trinajstić information content (AvgIpc) is 3.16. The maximum absolute atomic E-state index is 12.6. The maximum Gasteiger partial charge on any atom is 0.246 e. The first kappa shape index (κ1) is 21.8. The van der Waals surface area contributed by atoms with Crippen molar-refractivity contribution in [3.05, 3.63) is 65.7 Å². The molecule has 0 spiro atoms. The van der Waals surface area contributed by atoms with Crippen molar-refractivity contribution in [3.8, 4) is 0 Å². The molecule has 158 valence electrons. The molecule has 2 aromatic rings. The van der Waals surface area contributed by atoms with Crippen LogP contribution in [0.3, 0.4) is 0 Å². The van der Waals surface area contributed by atoms with Crippen molar-refractivity contribution in [2.45, 2.75) is 30.7 Å². The van der Waals surface area contributed by atoms with Gasteiger partial charge in [-0.2, -0.15) is 0 Å². The van der Waals surface area contributed by atoms with Crippen molar-refractivity contribution >= 4 is 33.4 Å². The van der Waals surface area contributed by atoms with Crippen molar-refractivity contribution < 1.29 is 18.0 Å². The van der Waals surface area contributed by atoms with Crippen molar-refractivity contribution in [3.63, 3.8) is 0 Å². The van der Waals surface area contributed by atoms with Crippen LogP contribution >= 0.6 is 0 Å². The van der Waals surface area contributed by atoms with Crippen LogP contribution in [0.2, 0.25) is 0 Å². The number of hydrogen-bond donors (Lipinski definition) is 0. The predicted molar refractivity (Wildman–Crippen MR) is 118 cm³/mol. The Bertz CT molecular complexity index is 1060. The van der Waals surface area contributed by atoms with Gasteiger partial charge in [0, 0.05) is 38.0 Å². The van der Waals surface area contributed by atoms with Crippen molar-refractivity contribution in [2.75, 3.05) is 24.7 Å². The quantitative estimate of drug-likeness (QED) is 0.663. The van der Waals surface area contributed by atoms with Crippen LogP contribution in [0.5, 0.6) is 0 Å². The molecule has 1 aliphatic rings.